The van der Waals surface area contributed by atoms with E-state index in [2.05, 4.69) is 5.32 Å². The van der Waals surface area contributed by atoms with Crippen LogP contribution in [-0.2, 0) is 11.2 Å². The maximum absolute atomic E-state index is 13.5. The van der Waals surface area contributed by atoms with Gasteiger partial charge >= 0.3 is 0 Å². The molecule has 0 amide bonds. The topological polar surface area (TPSA) is 21.3 Å². The molecular formula is C14H21F2NO. The Kier molecular flexibility index (Phi) is 6.22. The van der Waals surface area contributed by atoms with Crippen molar-refractivity contribution in [2.24, 2.45) is 0 Å². The molecule has 0 aliphatic rings. The van der Waals surface area contributed by atoms with Crippen LogP contribution in [0, 0.1) is 11.6 Å². The van der Waals surface area contributed by atoms with Crippen LogP contribution in [0.1, 0.15) is 25.3 Å². The van der Waals surface area contributed by atoms with Gasteiger partial charge in [-0.15, -0.1) is 0 Å². The van der Waals surface area contributed by atoms with E-state index in [4.69, 9.17) is 4.74 Å². The zero-order valence-corrected chi connectivity index (χ0v) is 11.2. The second kappa shape index (κ2) is 7.44. The van der Waals surface area contributed by atoms with Crippen LogP contribution in [0.4, 0.5) is 8.78 Å². The predicted octanol–water partition coefficient (Wildman–Crippen LogP) is 2.91. The molecule has 4 heteroatoms. The highest BCUT2D eigenvalue weighted by Gasteiger charge is 2.12. The molecule has 2 atom stereocenters. The van der Waals surface area contributed by atoms with E-state index in [1.807, 2.05) is 14.0 Å². The molecule has 0 bridgehead atoms. The SMILES string of the molecule is CNC(CCC(C)OC)Cc1ccc(F)cc1F. The molecule has 0 spiro atoms. The van der Waals surface area contributed by atoms with E-state index in [1.54, 1.807) is 7.11 Å². The molecule has 1 N–H and O–H groups in total. The quantitative estimate of drug-likeness (QED) is 0.811. The standard InChI is InChI=1S/C14H21F2NO/c1-10(18-3)4-7-13(17-2)8-11-5-6-12(15)9-14(11)16/h5-6,9-10,13,17H,4,7-8H2,1-3H3. The molecule has 0 aliphatic heterocycles. The van der Waals surface area contributed by atoms with Crippen LogP contribution in [0.3, 0.4) is 0 Å². The smallest absolute Gasteiger partial charge is 0.129 e. The van der Waals surface area contributed by atoms with Gasteiger partial charge in [-0.1, -0.05) is 6.07 Å². The number of methoxy groups -OCH3 is 1. The van der Waals surface area contributed by atoms with Crippen molar-refractivity contribution in [2.75, 3.05) is 14.2 Å². The van der Waals surface area contributed by atoms with Crippen molar-refractivity contribution in [3.8, 4) is 0 Å². The van der Waals surface area contributed by atoms with Crippen molar-refractivity contribution in [2.45, 2.75) is 38.3 Å². The first-order valence-corrected chi connectivity index (χ1v) is 6.20. The number of ether oxygens (including phenoxy) is 1. The number of benzene rings is 1. The molecule has 1 aromatic rings. The minimum atomic E-state index is -0.537. The van der Waals surface area contributed by atoms with Gasteiger partial charge in [-0.3, -0.25) is 0 Å². The third kappa shape index (κ3) is 4.70. The largest absolute Gasteiger partial charge is 0.382 e. The molecule has 102 valence electrons. The lowest BCUT2D eigenvalue weighted by Crippen LogP contribution is -2.29. The Bertz CT molecular complexity index is 371. The van der Waals surface area contributed by atoms with Crippen molar-refractivity contribution in [1.82, 2.24) is 5.32 Å². The van der Waals surface area contributed by atoms with Crippen LogP contribution < -0.4 is 5.32 Å². The van der Waals surface area contributed by atoms with Gasteiger partial charge in [-0.05, 0) is 44.9 Å². The lowest BCUT2D eigenvalue weighted by molar-refractivity contribution is 0.106. The summed E-state index contributed by atoms with van der Waals surface area (Å²) in [6.45, 7) is 2.01. The molecule has 0 aromatic heterocycles. The molecule has 0 fully saturated rings. The molecule has 0 saturated carbocycles. The number of rotatable bonds is 7. The second-order valence-corrected chi connectivity index (χ2v) is 4.55. The molecule has 0 heterocycles. The first-order valence-electron chi connectivity index (χ1n) is 6.20. The van der Waals surface area contributed by atoms with Crippen LogP contribution in [-0.4, -0.2) is 26.3 Å². The highest BCUT2D eigenvalue weighted by atomic mass is 19.1. The van der Waals surface area contributed by atoms with E-state index < -0.39 is 11.6 Å². The van der Waals surface area contributed by atoms with Gasteiger partial charge in [0.2, 0.25) is 0 Å². The fourth-order valence-electron chi connectivity index (χ4n) is 1.85. The lowest BCUT2D eigenvalue weighted by Gasteiger charge is -2.18. The number of likely N-dealkylation sites (N-methyl/N-ethyl adjacent to an activating group) is 1. The highest BCUT2D eigenvalue weighted by Crippen LogP contribution is 2.14. The Hall–Kier alpha value is -1.00. The van der Waals surface area contributed by atoms with Crippen LogP contribution in [0.5, 0.6) is 0 Å². The molecule has 0 saturated heterocycles. The average Bonchev–Trinajstić information content (AvgIpc) is 2.36. The maximum Gasteiger partial charge on any atom is 0.129 e. The Morgan fingerprint density at radius 2 is 2.00 bits per heavy atom. The molecule has 0 radical (unpaired) electrons. The fraction of sp³-hybridized carbons (Fsp3) is 0.571. The third-order valence-electron chi connectivity index (χ3n) is 3.21. The van der Waals surface area contributed by atoms with Crippen LogP contribution in [0.25, 0.3) is 0 Å². The summed E-state index contributed by atoms with van der Waals surface area (Å²) in [7, 11) is 3.53. The number of hydrogen-bond acceptors (Lipinski definition) is 2. The first-order chi connectivity index (χ1) is 8.56. The minimum Gasteiger partial charge on any atom is -0.382 e. The van der Waals surface area contributed by atoms with Crippen molar-refractivity contribution in [3.05, 3.63) is 35.4 Å². The molecular weight excluding hydrogens is 236 g/mol. The zero-order chi connectivity index (χ0) is 13.5. The monoisotopic (exact) mass is 257 g/mol. The van der Waals surface area contributed by atoms with E-state index in [0.29, 0.717) is 12.0 Å². The van der Waals surface area contributed by atoms with E-state index in [0.717, 1.165) is 18.9 Å². The van der Waals surface area contributed by atoms with E-state index in [1.165, 1.54) is 12.1 Å². The van der Waals surface area contributed by atoms with Gasteiger partial charge < -0.3 is 10.1 Å². The molecule has 2 unspecified atom stereocenters. The summed E-state index contributed by atoms with van der Waals surface area (Å²) in [5, 5.41) is 3.16. The number of hydrogen-bond donors (Lipinski definition) is 1. The maximum atomic E-state index is 13.5. The Balaban J connectivity index is 2.56. The molecule has 2 nitrogen and oxygen atoms in total. The van der Waals surface area contributed by atoms with E-state index in [-0.39, 0.29) is 12.1 Å². The van der Waals surface area contributed by atoms with Crippen LogP contribution in [0.2, 0.25) is 0 Å². The molecule has 0 aliphatic carbocycles. The van der Waals surface area contributed by atoms with Gasteiger partial charge in [0.25, 0.3) is 0 Å². The Morgan fingerprint density at radius 3 is 2.56 bits per heavy atom. The van der Waals surface area contributed by atoms with Gasteiger partial charge in [-0.25, -0.2) is 8.78 Å². The van der Waals surface area contributed by atoms with Gasteiger partial charge in [0, 0.05) is 19.2 Å². The van der Waals surface area contributed by atoms with Crippen molar-refractivity contribution < 1.29 is 13.5 Å². The summed E-state index contributed by atoms with van der Waals surface area (Å²) < 4.78 is 31.5. The molecule has 1 aromatic carbocycles. The summed E-state index contributed by atoms with van der Waals surface area (Å²) in [6.07, 6.45) is 2.55. The van der Waals surface area contributed by atoms with E-state index >= 15 is 0 Å². The molecule has 18 heavy (non-hydrogen) atoms. The summed E-state index contributed by atoms with van der Waals surface area (Å²) in [5.74, 6) is -1.01. The Labute approximate surface area is 107 Å². The van der Waals surface area contributed by atoms with Gasteiger partial charge in [0.15, 0.2) is 0 Å². The summed E-state index contributed by atoms with van der Waals surface area (Å²) >= 11 is 0. The number of nitrogens with one attached hydrogen (secondary N) is 1. The average molecular weight is 257 g/mol. The van der Waals surface area contributed by atoms with Gasteiger partial charge in [0.05, 0.1) is 6.10 Å². The minimum absolute atomic E-state index is 0.169. The third-order valence-corrected chi connectivity index (χ3v) is 3.21. The fourth-order valence-corrected chi connectivity index (χ4v) is 1.85. The summed E-state index contributed by atoms with van der Waals surface area (Å²) in [4.78, 5) is 0. The predicted molar refractivity (Wildman–Crippen MR) is 68.6 cm³/mol. The summed E-state index contributed by atoms with van der Waals surface area (Å²) in [6, 6.07) is 3.90. The normalized spacial score (nSPS) is 14.5. The Morgan fingerprint density at radius 1 is 1.28 bits per heavy atom. The van der Waals surface area contributed by atoms with Crippen molar-refractivity contribution >= 4 is 0 Å². The van der Waals surface area contributed by atoms with E-state index in [9.17, 15) is 8.78 Å². The van der Waals surface area contributed by atoms with Crippen LogP contribution in [0.15, 0.2) is 18.2 Å². The second-order valence-electron chi connectivity index (χ2n) is 4.55. The zero-order valence-electron chi connectivity index (χ0n) is 11.2. The van der Waals surface area contributed by atoms with Crippen molar-refractivity contribution in [3.63, 3.8) is 0 Å². The first kappa shape index (κ1) is 15.1. The van der Waals surface area contributed by atoms with Gasteiger partial charge in [-0.2, -0.15) is 0 Å². The van der Waals surface area contributed by atoms with Crippen LogP contribution >= 0.6 is 0 Å². The number of halogens is 2. The van der Waals surface area contributed by atoms with Gasteiger partial charge in [0.1, 0.15) is 11.6 Å². The highest BCUT2D eigenvalue weighted by molar-refractivity contribution is 5.19. The molecule has 1 rings (SSSR count). The lowest BCUT2D eigenvalue weighted by atomic mass is 10.00. The van der Waals surface area contributed by atoms with Crippen molar-refractivity contribution in [1.29, 1.82) is 0 Å². The summed E-state index contributed by atoms with van der Waals surface area (Å²) in [5.41, 5.74) is 0.542.